The standard InChI is InChI=1S/C24H35N/c1-18(2)16-20-8-12-22(13-9-20)25(24(5,6)7)23-14-10-21(11-15-23)17-19(3)4/h8-15,18-19H,16-17H2,1-7H3. The van der Waals surface area contributed by atoms with E-state index in [2.05, 4.69) is 102 Å². The molecule has 136 valence electrons. The molecule has 0 heterocycles. The van der Waals surface area contributed by atoms with Gasteiger partial charge in [0.2, 0.25) is 0 Å². The molecule has 2 rings (SSSR count). The summed E-state index contributed by atoms with van der Waals surface area (Å²) in [4.78, 5) is 2.44. The van der Waals surface area contributed by atoms with Gasteiger partial charge in [-0.3, -0.25) is 0 Å². The third-order valence-corrected chi connectivity index (χ3v) is 4.35. The lowest BCUT2D eigenvalue weighted by Gasteiger charge is -2.38. The van der Waals surface area contributed by atoms with Gasteiger partial charge in [-0.05, 0) is 80.8 Å². The van der Waals surface area contributed by atoms with Gasteiger partial charge in [0.1, 0.15) is 0 Å². The lowest BCUT2D eigenvalue weighted by atomic mass is 9.99. The van der Waals surface area contributed by atoms with E-state index in [1.807, 2.05) is 0 Å². The monoisotopic (exact) mass is 337 g/mol. The van der Waals surface area contributed by atoms with Crippen LogP contribution in [0, 0.1) is 11.8 Å². The molecule has 1 nitrogen and oxygen atoms in total. The Kier molecular flexibility index (Phi) is 6.32. The number of hydrogen-bond acceptors (Lipinski definition) is 1. The molecule has 0 saturated carbocycles. The minimum absolute atomic E-state index is 0.0269. The van der Waals surface area contributed by atoms with Crippen LogP contribution in [0.15, 0.2) is 48.5 Å². The van der Waals surface area contributed by atoms with Crippen LogP contribution in [0.1, 0.15) is 59.6 Å². The molecule has 0 aromatic heterocycles. The first-order valence-corrected chi connectivity index (χ1v) is 9.65. The average molecular weight is 338 g/mol. The average Bonchev–Trinajstić information content (AvgIpc) is 2.48. The lowest BCUT2D eigenvalue weighted by Crippen LogP contribution is -2.37. The van der Waals surface area contributed by atoms with Gasteiger partial charge < -0.3 is 4.90 Å². The molecule has 0 fully saturated rings. The molecule has 0 radical (unpaired) electrons. The molecule has 0 unspecified atom stereocenters. The van der Waals surface area contributed by atoms with Gasteiger partial charge in [-0.25, -0.2) is 0 Å². The summed E-state index contributed by atoms with van der Waals surface area (Å²) in [7, 11) is 0. The van der Waals surface area contributed by atoms with Crippen LogP contribution >= 0.6 is 0 Å². The predicted molar refractivity (Wildman–Crippen MR) is 112 cm³/mol. The van der Waals surface area contributed by atoms with Crippen molar-refractivity contribution in [2.45, 2.75) is 66.8 Å². The summed E-state index contributed by atoms with van der Waals surface area (Å²) in [6, 6.07) is 18.2. The molecule has 0 aliphatic rings. The molecular formula is C24H35N. The van der Waals surface area contributed by atoms with Crippen LogP contribution < -0.4 is 4.90 Å². The normalized spacial score (nSPS) is 12.0. The summed E-state index contributed by atoms with van der Waals surface area (Å²) in [6.45, 7) is 15.9. The van der Waals surface area contributed by atoms with Gasteiger partial charge in [0.15, 0.2) is 0 Å². The maximum atomic E-state index is 2.44. The molecule has 0 amide bonds. The van der Waals surface area contributed by atoms with Gasteiger partial charge in [-0.2, -0.15) is 0 Å². The van der Waals surface area contributed by atoms with Crippen LogP contribution in [-0.2, 0) is 12.8 Å². The van der Waals surface area contributed by atoms with Gasteiger partial charge in [-0.15, -0.1) is 0 Å². The maximum absolute atomic E-state index is 2.44. The highest BCUT2D eigenvalue weighted by Gasteiger charge is 2.23. The van der Waals surface area contributed by atoms with Crippen molar-refractivity contribution in [2.24, 2.45) is 11.8 Å². The molecule has 25 heavy (non-hydrogen) atoms. The number of anilines is 2. The van der Waals surface area contributed by atoms with Gasteiger partial charge in [0.25, 0.3) is 0 Å². The third-order valence-electron chi connectivity index (χ3n) is 4.35. The molecular weight excluding hydrogens is 302 g/mol. The number of hydrogen-bond donors (Lipinski definition) is 0. The van der Waals surface area contributed by atoms with E-state index in [0.717, 1.165) is 12.8 Å². The molecule has 0 aliphatic heterocycles. The van der Waals surface area contributed by atoms with E-state index in [0.29, 0.717) is 11.8 Å². The molecule has 0 aliphatic carbocycles. The molecule has 0 spiro atoms. The van der Waals surface area contributed by atoms with Crippen molar-refractivity contribution in [3.8, 4) is 0 Å². The van der Waals surface area contributed by atoms with Crippen LogP contribution in [0.3, 0.4) is 0 Å². The topological polar surface area (TPSA) is 3.24 Å². The molecule has 2 aromatic carbocycles. The Morgan fingerprint density at radius 2 is 0.960 bits per heavy atom. The van der Waals surface area contributed by atoms with Gasteiger partial charge >= 0.3 is 0 Å². The SMILES string of the molecule is CC(C)Cc1ccc(N(c2ccc(CC(C)C)cc2)C(C)(C)C)cc1. The number of benzene rings is 2. The van der Waals surface area contributed by atoms with Crippen LogP contribution in [-0.4, -0.2) is 5.54 Å². The first kappa shape index (κ1) is 19.6. The minimum atomic E-state index is 0.0269. The zero-order valence-electron chi connectivity index (χ0n) is 17.1. The largest absolute Gasteiger partial charge is 0.336 e. The van der Waals surface area contributed by atoms with Crippen molar-refractivity contribution >= 4 is 11.4 Å². The highest BCUT2D eigenvalue weighted by atomic mass is 15.2. The van der Waals surface area contributed by atoms with E-state index in [1.54, 1.807) is 0 Å². The molecule has 0 saturated heterocycles. The van der Waals surface area contributed by atoms with E-state index in [9.17, 15) is 0 Å². The Labute approximate surface area is 155 Å². The van der Waals surface area contributed by atoms with E-state index in [4.69, 9.17) is 0 Å². The van der Waals surface area contributed by atoms with Crippen LogP contribution in [0.4, 0.5) is 11.4 Å². The molecule has 2 aromatic rings. The summed E-state index contributed by atoms with van der Waals surface area (Å²) >= 11 is 0. The summed E-state index contributed by atoms with van der Waals surface area (Å²) in [5.41, 5.74) is 5.38. The Hall–Kier alpha value is -1.76. The molecule has 0 bridgehead atoms. The van der Waals surface area contributed by atoms with Crippen molar-refractivity contribution in [1.29, 1.82) is 0 Å². The fourth-order valence-electron chi connectivity index (χ4n) is 3.43. The zero-order valence-corrected chi connectivity index (χ0v) is 17.1. The predicted octanol–water partition coefficient (Wildman–Crippen LogP) is 7.02. The van der Waals surface area contributed by atoms with Crippen LogP contribution in [0.2, 0.25) is 0 Å². The maximum Gasteiger partial charge on any atom is 0.0416 e. The lowest BCUT2D eigenvalue weighted by molar-refractivity contribution is 0.560. The Morgan fingerprint density at radius 3 is 1.20 bits per heavy atom. The first-order valence-electron chi connectivity index (χ1n) is 9.65. The number of rotatable bonds is 6. The Balaban J connectivity index is 2.30. The fraction of sp³-hybridized carbons (Fsp3) is 0.500. The highest BCUT2D eigenvalue weighted by Crippen LogP contribution is 2.33. The van der Waals surface area contributed by atoms with Crippen molar-refractivity contribution in [3.05, 3.63) is 59.7 Å². The fourth-order valence-corrected chi connectivity index (χ4v) is 3.43. The summed E-state index contributed by atoms with van der Waals surface area (Å²) in [5, 5.41) is 0. The molecule has 1 heteroatoms. The minimum Gasteiger partial charge on any atom is -0.336 e. The first-order chi connectivity index (χ1) is 11.7. The molecule has 0 N–H and O–H groups in total. The van der Waals surface area contributed by atoms with Gasteiger partial charge in [0, 0.05) is 16.9 Å². The van der Waals surface area contributed by atoms with Crippen molar-refractivity contribution in [3.63, 3.8) is 0 Å². The van der Waals surface area contributed by atoms with Crippen molar-refractivity contribution < 1.29 is 0 Å². The highest BCUT2D eigenvalue weighted by molar-refractivity contribution is 5.65. The van der Waals surface area contributed by atoms with E-state index in [-0.39, 0.29) is 5.54 Å². The summed E-state index contributed by atoms with van der Waals surface area (Å²) < 4.78 is 0. The van der Waals surface area contributed by atoms with E-state index < -0.39 is 0 Å². The van der Waals surface area contributed by atoms with Crippen LogP contribution in [0.25, 0.3) is 0 Å². The van der Waals surface area contributed by atoms with E-state index in [1.165, 1.54) is 22.5 Å². The second-order valence-electron chi connectivity index (χ2n) is 9.04. The van der Waals surface area contributed by atoms with Crippen molar-refractivity contribution in [2.75, 3.05) is 4.90 Å². The van der Waals surface area contributed by atoms with Gasteiger partial charge in [0.05, 0.1) is 0 Å². The van der Waals surface area contributed by atoms with Crippen LogP contribution in [0.5, 0.6) is 0 Å². The zero-order chi connectivity index (χ0) is 18.6. The third kappa shape index (κ3) is 5.63. The summed E-state index contributed by atoms with van der Waals surface area (Å²) in [6.07, 6.45) is 2.28. The smallest absolute Gasteiger partial charge is 0.0416 e. The Morgan fingerprint density at radius 1 is 0.640 bits per heavy atom. The quantitative estimate of drug-likeness (QED) is 0.547. The second kappa shape index (κ2) is 8.08. The second-order valence-corrected chi connectivity index (χ2v) is 9.04. The van der Waals surface area contributed by atoms with Crippen molar-refractivity contribution in [1.82, 2.24) is 0 Å². The summed E-state index contributed by atoms with van der Waals surface area (Å²) in [5.74, 6) is 1.39. The number of nitrogens with zero attached hydrogens (tertiary/aromatic N) is 1. The van der Waals surface area contributed by atoms with E-state index >= 15 is 0 Å². The Bertz CT molecular complexity index is 588. The molecule has 0 atom stereocenters. The van der Waals surface area contributed by atoms with Gasteiger partial charge in [-0.1, -0.05) is 52.0 Å².